The van der Waals surface area contributed by atoms with Crippen molar-refractivity contribution in [3.8, 4) is 5.75 Å². The van der Waals surface area contributed by atoms with Crippen molar-refractivity contribution in [2.24, 2.45) is 0 Å². The Labute approximate surface area is 129 Å². The van der Waals surface area contributed by atoms with Crippen LogP contribution in [0.4, 0.5) is 0 Å². The zero-order chi connectivity index (χ0) is 15.9. The molecule has 22 heavy (non-hydrogen) atoms. The van der Waals surface area contributed by atoms with Crippen LogP contribution in [0.2, 0.25) is 0 Å². The van der Waals surface area contributed by atoms with Gasteiger partial charge >= 0.3 is 5.97 Å². The molecule has 0 radical (unpaired) electrons. The van der Waals surface area contributed by atoms with Gasteiger partial charge in [-0.15, -0.1) is 0 Å². The van der Waals surface area contributed by atoms with E-state index in [1.54, 1.807) is 18.2 Å². The van der Waals surface area contributed by atoms with Gasteiger partial charge in [0.1, 0.15) is 5.75 Å². The first-order chi connectivity index (χ1) is 10.6. The molecule has 0 aromatic heterocycles. The number of methoxy groups -OCH3 is 1. The quantitative estimate of drug-likeness (QED) is 0.805. The second-order valence-electron chi connectivity index (χ2n) is 5.20. The van der Waals surface area contributed by atoms with E-state index < -0.39 is 5.97 Å². The second-order valence-corrected chi connectivity index (χ2v) is 5.20. The summed E-state index contributed by atoms with van der Waals surface area (Å²) in [4.78, 5) is 23.6. The van der Waals surface area contributed by atoms with Crippen LogP contribution < -0.4 is 10.1 Å². The molecule has 1 unspecified atom stereocenters. The van der Waals surface area contributed by atoms with E-state index in [0.717, 1.165) is 25.0 Å². The summed E-state index contributed by atoms with van der Waals surface area (Å²) in [7, 11) is 1.54. The Morgan fingerprint density at radius 3 is 2.91 bits per heavy atom. The third kappa shape index (κ3) is 4.46. The van der Waals surface area contributed by atoms with E-state index in [9.17, 15) is 9.59 Å². The summed E-state index contributed by atoms with van der Waals surface area (Å²) < 4.78 is 15.6. The Morgan fingerprint density at radius 1 is 1.41 bits per heavy atom. The summed E-state index contributed by atoms with van der Waals surface area (Å²) in [5.74, 6) is -0.272. The van der Waals surface area contributed by atoms with Gasteiger partial charge < -0.3 is 19.5 Å². The average molecular weight is 307 g/mol. The fourth-order valence-corrected chi connectivity index (χ4v) is 2.25. The zero-order valence-corrected chi connectivity index (χ0v) is 12.9. The van der Waals surface area contributed by atoms with Gasteiger partial charge in [-0.05, 0) is 37.5 Å². The van der Waals surface area contributed by atoms with Gasteiger partial charge in [-0.2, -0.15) is 0 Å². The van der Waals surface area contributed by atoms with Crippen LogP contribution in [0.5, 0.6) is 5.75 Å². The van der Waals surface area contributed by atoms with Gasteiger partial charge in [-0.1, -0.05) is 6.07 Å². The van der Waals surface area contributed by atoms with E-state index >= 15 is 0 Å². The number of amides is 1. The van der Waals surface area contributed by atoms with Crippen molar-refractivity contribution in [1.29, 1.82) is 0 Å². The van der Waals surface area contributed by atoms with E-state index in [-0.39, 0.29) is 18.6 Å². The Hall–Kier alpha value is -2.08. The number of ether oxygens (including phenoxy) is 3. The van der Waals surface area contributed by atoms with Gasteiger partial charge in [-0.3, -0.25) is 4.79 Å². The van der Waals surface area contributed by atoms with E-state index in [4.69, 9.17) is 14.2 Å². The number of nitrogens with one attached hydrogen (secondary N) is 1. The number of benzene rings is 1. The highest BCUT2D eigenvalue weighted by molar-refractivity contribution is 5.91. The van der Waals surface area contributed by atoms with Crippen molar-refractivity contribution in [3.05, 3.63) is 29.3 Å². The maximum Gasteiger partial charge on any atom is 0.338 e. The first kappa shape index (κ1) is 16.3. The third-order valence-corrected chi connectivity index (χ3v) is 3.53. The average Bonchev–Trinajstić information content (AvgIpc) is 3.04. The van der Waals surface area contributed by atoms with Crippen molar-refractivity contribution in [2.45, 2.75) is 25.9 Å². The highest BCUT2D eigenvalue weighted by atomic mass is 16.5. The van der Waals surface area contributed by atoms with Crippen LogP contribution in [-0.4, -0.2) is 44.8 Å². The van der Waals surface area contributed by atoms with Crippen molar-refractivity contribution in [1.82, 2.24) is 5.32 Å². The lowest BCUT2D eigenvalue weighted by molar-refractivity contribution is -0.124. The van der Waals surface area contributed by atoms with E-state index in [1.165, 1.54) is 7.11 Å². The lowest BCUT2D eigenvalue weighted by Gasteiger charge is -2.11. The van der Waals surface area contributed by atoms with E-state index in [0.29, 0.717) is 17.9 Å². The summed E-state index contributed by atoms with van der Waals surface area (Å²) in [6.07, 6.45) is 2.04. The summed E-state index contributed by atoms with van der Waals surface area (Å²) in [5, 5.41) is 2.70. The number of hydrogen-bond acceptors (Lipinski definition) is 5. The minimum Gasteiger partial charge on any atom is -0.496 e. The molecule has 6 nitrogen and oxygen atoms in total. The zero-order valence-electron chi connectivity index (χ0n) is 12.9. The summed E-state index contributed by atoms with van der Waals surface area (Å²) in [5.41, 5.74) is 1.28. The van der Waals surface area contributed by atoms with Crippen molar-refractivity contribution in [3.63, 3.8) is 0 Å². The standard InChI is InChI=1S/C16H21NO5/c1-11-5-6-12(8-14(11)20-2)16(19)22-10-15(18)17-9-13-4-3-7-21-13/h5-6,8,13H,3-4,7,9-10H2,1-2H3,(H,17,18). The van der Waals surface area contributed by atoms with Gasteiger partial charge in [0.05, 0.1) is 18.8 Å². The molecule has 1 aliphatic rings. The molecule has 0 saturated carbocycles. The molecule has 1 heterocycles. The minimum atomic E-state index is -0.550. The van der Waals surface area contributed by atoms with Crippen LogP contribution in [0.1, 0.15) is 28.8 Å². The molecule has 1 aliphatic heterocycles. The van der Waals surface area contributed by atoms with Gasteiger partial charge in [0.15, 0.2) is 6.61 Å². The number of esters is 1. The molecule has 0 spiro atoms. The van der Waals surface area contributed by atoms with Gasteiger partial charge in [0.25, 0.3) is 5.91 Å². The van der Waals surface area contributed by atoms with Crippen LogP contribution in [0.25, 0.3) is 0 Å². The molecule has 1 aromatic rings. The molecular weight excluding hydrogens is 286 g/mol. The molecular formula is C16H21NO5. The van der Waals surface area contributed by atoms with Gasteiger partial charge in [0.2, 0.25) is 0 Å². The van der Waals surface area contributed by atoms with Crippen LogP contribution in [0.3, 0.4) is 0 Å². The number of rotatable bonds is 6. The lowest BCUT2D eigenvalue weighted by Crippen LogP contribution is -2.34. The molecule has 1 fully saturated rings. The molecule has 6 heteroatoms. The number of aryl methyl sites for hydroxylation is 1. The third-order valence-electron chi connectivity index (χ3n) is 3.53. The Kier molecular flexibility index (Phi) is 5.77. The van der Waals surface area contributed by atoms with E-state index in [2.05, 4.69) is 5.32 Å². The van der Waals surface area contributed by atoms with Crippen LogP contribution in [-0.2, 0) is 14.3 Å². The van der Waals surface area contributed by atoms with Gasteiger partial charge in [0, 0.05) is 13.2 Å². The van der Waals surface area contributed by atoms with Crippen molar-refractivity contribution < 1.29 is 23.8 Å². The molecule has 1 saturated heterocycles. The molecule has 1 atom stereocenters. The number of carbonyl (C=O) groups is 2. The largest absolute Gasteiger partial charge is 0.496 e. The molecule has 1 N–H and O–H groups in total. The Morgan fingerprint density at radius 2 is 2.23 bits per heavy atom. The second kappa shape index (κ2) is 7.79. The Balaban J connectivity index is 1.77. The van der Waals surface area contributed by atoms with Gasteiger partial charge in [-0.25, -0.2) is 4.79 Å². The smallest absolute Gasteiger partial charge is 0.338 e. The molecule has 0 aliphatic carbocycles. The maximum absolute atomic E-state index is 11.9. The first-order valence-electron chi connectivity index (χ1n) is 7.30. The molecule has 1 amide bonds. The van der Waals surface area contributed by atoms with Crippen molar-refractivity contribution in [2.75, 3.05) is 26.9 Å². The lowest BCUT2D eigenvalue weighted by atomic mass is 10.1. The highest BCUT2D eigenvalue weighted by Crippen LogP contribution is 2.19. The molecule has 2 rings (SSSR count). The highest BCUT2D eigenvalue weighted by Gasteiger charge is 2.17. The normalized spacial score (nSPS) is 17.1. The SMILES string of the molecule is COc1cc(C(=O)OCC(=O)NCC2CCCO2)ccc1C. The predicted molar refractivity (Wildman–Crippen MR) is 80.0 cm³/mol. The topological polar surface area (TPSA) is 73.9 Å². The predicted octanol–water partition coefficient (Wildman–Crippen LogP) is 1.46. The van der Waals surface area contributed by atoms with E-state index in [1.807, 2.05) is 6.92 Å². The molecule has 120 valence electrons. The maximum atomic E-state index is 11.9. The molecule has 1 aromatic carbocycles. The Bertz CT molecular complexity index is 537. The van der Waals surface area contributed by atoms with Crippen LogP contribution in [0, 0.1) is 6.92 Å². The van der Waals surface area contributed by atoms with Crippen molar-refractivity contribution >= 4 is 11.9 Å². The fraction of sp³-hybridized carbons (Fsp3) is 0.500. The number of carbonyl (C=O) groups excluding carboxylic acids is 2. The number of hydrogen-bond donors (Lipinski definition) is 1. The van der Waals surface area contributed by atoms with Crippen LogP contribution in [0.15, 0.2) is 18.2 Å². The monoisotopic (exact) mass is 307 g/mol. The summed E-state index contributed by atoms with van der Waals surface area (Å²) >= 11 is 0. The first-order valence-corrected chi connectivity index (χ1v) is 7.30. The molecule has 0 bridgehead atoms. The summed E-state index contributed by atoms with van der Waals surface area (Å²) in [6.45, 7) is 2.77. The van der Waals surface area contributed by atoms with Crippen LogP contribution >= 0.6 is 0 Å². The minimum absolute atomic E-state index is 0.0704. The summed E-state index contributed by atoms with van der Waals surface area (Å²) in [6, 6.07) is 5.01. The fourth-order valence-electron chi connectivity index (χ4n) is 2.25.